The lowest BCUT2D eigenvalue weighted by Crippen LogP contribution is -2.34. The first-order chi connectivity index (χ1) is 8.42. The van der Waals surface area contributed by atoms with Crippen LogP contribution in [0.15, 0.2) is 24.7 Å². The number of hydrogen-bond donors (Lipinski definition) is 1. The number of aromatic nitrogens is 2. The molecule has 4 heteroatoms. The van der Waals surface area contributed by atoms with Crippen LogP contribution in [0.25, 0.3) is 0 Å². The van der Waals surface area contributed by atoms with E-state index in [9.17, 15) is 0 Å². The van der Waals surface area contributed by atoms with Crippen LogP contribution in [0, 0.1) is 6.92 Å². The lowest BCUT2D eigenvalue weighted by molar-refractivity contribution is 0.424. The van der Waals surface area contributed by atoms with Crippen LogP contribution in [0.4, 0.5) is 0 Å². The zero-order valence-corrected chi connectivity index (χ0v) is 12.3. The molecule has 0 amide bonds. The molecule has 0 bridgehead atoms. The van der Waals surface area contributed by atoms with Gasteiger partial charge in [-0.15, -0.1) is 11.3 Å². The number of nitrogens with zero attached hydrogens (tertiary/aromatic N) is 2. The van der Waals surface area contributed by atoms with Gasteiger partial charge in [0, 0.05) is 35.6 Å². The van der Waals surface area contributed by atoms with Crippen molar-refractivity contribution in [2.75, 3.05) is 0 Å². The number of hydrogen-bond acceptors (Lipinski definition) is 3. The molecule has 98 valence electrons. The van der Waals surface area contributed by atoms with Gasteiger partial charge in [0.1, 0.15) is 0 Å². The van der Waals surface area contributed by atoms with E-state index in [0.717, 1.165) is 18.1 Å². The van der Waals surface area contributed by atoms with Gasteiger partial charge in [0.25, 0.3) is 0 Å². The van der Waals surface area contributed by atoms with Crippen LogP contribution in [-0.4, -0.2) is 15.1 Å². The summed E-state index contributed by atoms with van der Waals surface area (Å²) < 4.78 is 2.21. The second-order valence-electron chi connectivity index (χ2n) is 5.64. The van der Waals surface area contributed by atoms with Crippen molar-refractivity contribution in [1.82, 2.24) is 14.9 Å². The summed E-state index contributed by atoms with van der Waals surface area (Å²) in [6.07, 6.45) is 6.30. The van der Waals surface area contributed by atoms with E-state index in [1.54, 1.807) is 11.3 Å². The summed E-state index contributed by atoms with van der Waals surface area (Å²) in [4.78, 5) is 5.59. The molecule has 0 saturated heterocycles. The molecule has 0 aliphatic rings. The van der Waals surface area contributed by atoms with Crippen LogP contribution >= 0.6 is 11.3 Å². The maximum absolute atomic E-state index is 4.28. The van der Waals surface area contributed by atoms with Crippen molar-refractivity contribution >= 4 is 11.3 Å². The third-order valence-electron chi connectivity index (χ3n) is 2.64. The Morgan fingerprint density at radius 2 is 2.17 bits per heavy atom. The van der Waals surface area contributed by atoms with Crippen LogP contribution < -0.4 is 5.32 Å². The second kappa shape index (κ2) is 5.24. The number of aryl methyl sites for hydroxylation is 1. The molecule has 0 saturated carbocycles. The molecule has 1 N–H and O–H groups in total. The quantitative estimate of drug-likeness (QED) is 0.918. The number of rotatable bonds is 4. The van der Waals surface area contributed by atoms with Gasteiger partial charge in [0.05, 0.1) is 11.6 Å². The van der Waals surface area contributed by atoms with Crippen molar-refractivity contribution in [2.45, 2.75) is 46.3 Å². The van der Waals surface area contributed by atoms with E-state index in [0.29, 0.717) is 0 Å². The smallest absolute Gasteiger partial charge is 0.0897 e. The summed E-state index contributed by atoms with van der Waals surface area (Å²) in [7, 11) is 0. The molecule has 18 heavy (non-hydrogen) atoms. The number of thiazole rings is 1. The maximum Gasteiger partial charge on any atom is 0.0897 e. The molecule has 2 rings (SSSR count). The Bertz CT molecular complexity index is 505. The lowest BCUT2D eigenvalue weighted by atomic mass is 10.1. The zero-order valence-electron chi connectivity index (χ0n) is 11.5. The zero-order chi connectivity index (χ0) is 13.2. The molecule has 0 aliphatic heterocycles. The average Bonchev–Trinajstić information content (AvgIpc) is 2.85. The van der Waals surface area contributed by atoms with Gasteiger partial charge in [-0.3, -0.25) is 0 Å². The van der Waals surface area contributed by atoms with Crippen molar-refractivity contribution < 1.29 is 0 Å². The normalized spacial score (nSPS) is 12.0. The van der Waals surface area contributed by atoms with Crippen LogP contribution in [0.1, 0.15) is 36.2 Å². The Kier molecular flexibility index (Phi) is 3.88. The van der Waals surface area contributed by atoms with E-state index in [4.69, 9.17) is 0 Å². The predicted octanol–water partition coefficient (Wildman–Crippen LogP) is 3.19. The Morgan fingerprint density at radius 3 is 2.78 bits per heavy atom. The molecule has 0 atom stereocenters. The van der Waals surface area contributed by atoms with Gasteiger partial charge in [0.15, 0.2) is 0 Å². The molecule has 0 spiro atoms. The first-order valence-electron chi connectivity index (χ1n) is 6.23. The molecule has 2 heterocycles. The fourth-order valence-corrected chi connectivity index (χ4v) is 2.52. The van der Waals surface area contributed by atoms with Gasteiger partial charge in [-0.1, -0.05) is 0 Å². The van der Waals surface area contributed by atoms with Gasteiger partial charge in [-0.2, -0.15) is 0 Å². The fraction of sp³-hybridized carbons (Fsp3) is 0.500. The average molecular weight is 263 g/mol. The SMILES string of the molecule is Cc1ncc(Cn2ccc(CNC(C)(C)C)c2)s1. The van der Waals surface area contributed by atoms with Crippen LogP contribution in [0.3, 0.4) is 0 Å². The summed E-state index contributed by atoms with van der Waals surface area (Å²) in [5.41, 5.74) is 1.49. The minimum absolute atomic E-state index is 0.164. The van der Waals surface area contributed by atoms with Crippen LogP contribution in [0.5, 0.6) is 0 Å². The molecule has 2 aromatic heterocycles. The highest BCUT2D eigenvalue weighted by molar-refractivity contribution is 7.11. The topological polar surface area (TPSA) is 29.9 Å². The molecule has 0 aromatic carbocycles. The van der Waals surface area contributed by atoms with Crippen molar-refractivity contribution in [3.05, 3.63) is 40.1 Å². The molecule has 0 unspecified atom stereocenters. The Hall–Kier alpha value is -1.13. The van der Waals surface area contributed by atoms with Crippen molar-refractivity contribution in [3.8, 4) is 0 Å². The van der Waals surface area contributed by atoms with Gasteiger partial charge >= 0.3 is 0 Å². The summed E-state index contributed by atoms with van der Waals surface area (Å²) in [5, 5.41) is 4.63. The van der Waals surface area contributed by atoms with Gasteiger partial charge < -0.3 is 9.88 Å². The van der Waals surface area contributed by atoms with Crippen LogP contribution in [0.2, 0.25) is 0 Å². The Morgan fingerprint density at radius 1 is 1.39 bits per heavy atom. The van der Waals surface area contributed by atoms with Crippen LogP contribution in [-0.2, 0) is 13.1 Å². The van der Waals surface area contributed by atoms with E-state index < -0.39 is 0 Å². The van der Waals surface area contributed by atoms with Gasteiger partial charge in [-0.25, -0.2) is 4.98 Å². The Labute approximate surface area is 113 Å². The molecule has 2 aromatic rings. The van der Waals surface area contributed by atoms with E-state index in [1.807, 2.05) is 13.1 Å². The van der Waals surface area contributed by atoms with E-state index in [1.165, 1.54) is 10.4 Å². The van der Waals surface area contributed by atoms with E-state index >= 15 is 0 Å². The summed E-state index contributed by atoms with van der Waals surface area (Å²) >= 11 is 1.76. The molecule has 3 nitrogen and oxygen atoms in total. The monoisotopic (exact) mass is 263 g/mol. The summed E-state index contributed by atoms with van der Waals surface area (Å²) in [6, 6.07) is 2.17. The highest BCUT2D eigenvalue weighted by atomic mass is 32.1. The fourth-order valence-electron chi connectivity index (χ4n) is 1.72. The summed E-state index contributed by atoms with van der Waals surface area (Å²) in [6.45, 7) is 10.4. The first-order valence-corrected chi connectivity index (χ1v) is 7.05. The molecule has 0 radical (unpaired) electrons. The lowest BCUT2D eigenvalue weighted by Gasteiger charge is -2.19. The minimum Gasteiger partial charge on any atom is -0.349 e. The standard InChI is InChI=1S/C14H21N3S/c1-11-15-8-13(18-11)10-17-6-5-12(9-17)7-16-14(2,3)4/h5-6,8-9,16H,7,10H2,1-4H3. The second-order valence-corrected chi connectivity index (χ2v) is 6.96. The highest BCUT2D eigenvalue weighted by Crippen LogP contribution is 2.14. The minimum atomic E-state index is 0.164. The molecular weight excluding hydrogens is 242 g/mol. The third-order valence-corrected chi connectivity index (χ3v) is 3.54. The molecule has 0 aliphatic carbocycles. The molecular formula is C14H21N3S. The predicted molar refractivity (Wildman–Crippen MR) is 77.0 cm³/mol. The maximum atomic E-state index is 4.28. The summed E-state index contributed by atoms with van der Waals surface area (Å²) in [5.74, 6) is 0. The third kappa shape index (κ3) is 3.96. The van der Waals surface area contributed by atoms with Gasteiger partial charge in [0.2, 0.25) is 0 Å². The van der Waals surface area contributed by atoms with Crippen molar-refractivity contribution in [2.24, 2.45) is 0 Å². The highest BCUT2D eigenvalue weighted by Gasteiger charge is 2.09. The first kappa shape index (κ1) is 13.3. The van der Waals surface area contributed by atoms with Gasteiger partial charge in [-0.05, 0) is 39.3 Å². The largest absolute Gasteiger partial charge is 0.349 e. The Balaban J connectivity index is 1.94. The van der Waals surface area contributed by atoms with Crippen molar-refractivity contribution in [1.29, 1.82) is 0 Å². The molecule has 0 fully saturated rings. The van der Waals surface area contributed by atoms with E-state index in [-0.39, 0.29) is 5.54 Å². The van der Waals surface area contributed by atoms with E-state index in [2.05, 4.69) is 54.1 Å². The number of nitrogens with one attached hydrogen (secondary N) is 1. The van der Waals surface area contributed by atoms with Crippen molar-refractivity contribution in [3.63, 3.8) is 0 Å².